The Balaban J connectivity index is 0.000000705. The second-order valence-corrected chi connectivity index (χ2v) is 5.60. The number of ether oxygens (including phenoxy) is 1. The molecule has 0 fully saturated rings. The van der Waals surface area contributed by atoms with Crippen molar-refractivity contribution in [3.63, 3.8) is 0 Å². The molecule has 7 heteroatoms. The first-order valence-electron chi connectivity index (χ1n) is 7.53. The molecule has 3 nitrogen and oxygen atoms in total. The summed E-state index contributed by atoms with van der Waals surface area (Å²) in [7, 11) is 0. The molecule has 2 aromatic rings. The monoisotopic (exact) mass is 373 g/mol. The first-order chi connectivity index (χ1) is 11.7. The van der Waals surface area contributed by atoms with E-state index in [1.165, 1.54) is 12.1 Å². The molecule has 0 saturated carbocycles. The van der Waals surface area contributed by atoms with Gasteiger partial charge < -0.3 is 10.5 Å². The van der Waals surface area contributed by atoms with E-state index in [1.807, 2.05) is 13.0 Å². The van der Waals surface area contributed by atoms with Gasteiger partial charge in [0.25, 0.3) is 0 Å². The van der Waals surface area contributed by atoms with E-state index in [0.717, 1.165) is 24.6 Å². The predicted molar refractivity (Wildman–Crippen MR) is 93.0 cm³/mol. The normalized spacial score (nSPS) is 10.7. The second-order valence-electron chi connectivity index (χ2n) is 5.19. The van der Waals surface area contributed by atoms with Crippen LogP contribution in [-0.4, -0.2) is 19.2 Å². The average Bonchev–Trinajstić information content (AvgIpc) is 2.54. The molecule has 0 aliphatic carbocycles. The Morgan fingerprint density at radius 1 is 1.20 bits per heavy atom. The highest BCUT2D eigenvalue weighted by Gasteiger charge is 2.32. The zero-order valence-electron chi connectivity index (χ0n) is 13.9. The van der Waals surface area contributed by atoms with Crippen molar-refractivity contribution in [2.24, 2.45) is 5.73 Å². The number of nitrogens with two attached hydrogens (primary N) is 1. The average molecular weight is 374 g/mol. The van der Waals surface area contributed by atoms with Gasteiger partial charge >= 0.3 is 6.36 Å². The van der Waals surface area contributed by atoms with Gasteiger partial charge in [0.05, 0.1) is 5.56 Å². The predicted octanol–water partition coefficient (Wildman–Crippen LogP) is 5.38. The third-order valence-corrected chi connectivity index (χ3v) is 3.40. The summed E-state index contributed by atoms with van der Waals surface area (Å²) in [4.78, 5) is 11.0. The number of benzene rings is 2. The highest BCUT2D eigenvalue weighted by Crippen LogP contribution is 2.33. The molecule has 2 N–H and O–H groups in total. The van der Waals surface area contributed by atoms with E-state index < -0.39 is 12.1 Å². The topological polar surface area (TPSA) is 52.3 Å². The Kier molecular flexibility index (Phi) is 7.93. The number of aldehydes is 1. The summed E-state index contributed by atoms with van der Waals surface area (Å²) in [6.45, 7) is 4.74. The van der Waals surface area contributed by atoms with Gasteiger partial charge in [0, 0.05) is 10.6 Å². The van der Waals surface area contributed by atoms with Crippen LogP contribution in [-0.2, 0) is 0 Å². The van der Waals surface area contributed by atoms with Crippen molar-refractivity contribution in [1.82, 2.24) is 0 Å². The third-order valence-electron chi connectivity index (χ3n) is 3.09. The smallest absolute Gasteiger partial charge is 0.405 e. The molecule has 0 aliphatic heterocycles. The number of halogens is 4. The van der Waals surface area contributed by atoms with Crippen LogP contribution in [0.4, 0.5) is 13.2 Å². The number of alkyl halides is 3. The van der Waals surface area contributed by atoms with Crippen molar-refractivity contribution >= 4 is 17.9 Å². The number of carbonyl (C=O) groups is 1. The Morgan fingerprint density at radius 2 is 1.84 bits per heavy atom. The molecule has 0 radical (unpaired) electrons. The van der Waals surface area contributed by atoms with E-state index in [2.05, 4.69) is 11.7 Å². The van der Waals surface area contributed by atoms with Crippen LogP contribution < -0.4 is 10.5 Å². The number of rotatable bonds is 4. The van der Waals surface area contributed by atoms with E-state index in [0.29, 0.717) is 22.4 Å². The molecular weight excluding hydrogens is 355 g/mol. The molecule has 0 unspecified atom stereocenters. The van der Waals surface area contributed by atoms with Crippen LogP contribution in [0.15, 0.2) is 36.4 Å². The Morgan fingerprint density at radius 3 is 2.32 bits per heavy atom. The molecular formula is C18H19ClF3NO2. The summed E-state index contributed by atoms with van der Waals surface area (Å²) in [5.41, 5.74) is 6.96. The van der Waals surface area contributed by atoms with Crippen LogP contribution >= 0.6 is 11.6 Å². The van der Waals surface area contributed by atoms with Crippen LogP contribution in [0.3, 0.4) is 0 Å². The minimum atomic E-state index is -4.85. The van der Waals surface area contributed by atoms with Crippen LogP contribution in [0.1, 0.15) is 29.3 Å². The molecule has 0 heterocycles. The highest BCUT2D eigenvalue weighted by atomic mass is 35.5. The van der Waals surface area contributed by atoms with Crippen molar-refractivity contribution in [1.29, 1.82) is 0 Å². The quantitative estimate of drug-likeness (QED) is 0.732. The van der Waals surface area contributed by atoms with E-state index in [4.69, 9.17) is 17.3 Å². The number of carbonyl (C=O) groups excluding carboxylic acids is 1. The molecule has 0 aliphatic rings. The fourth-order valence-corrected chi connectivity index (χ4v) is 2.22. The van der Waals surface area contributed by atoms with Gasteiger partial charge in [0.1, 0.15) is 5.75 Å². The lowest BCUT2D eigenvalue weighted by Gasteiger charge is -2.12. The standard InChI is InChI=1S/C15H10ClF3O2.C3H9N/c1-9-2-4-12(13(16)6-9)10-3-5-14(11(7-10)8-20)21-15(17,18)19;1-2-3-4/h2-8H,1H3;2-4H2,1H3. The third kappa shape index (κ3) is 6.76. The van der Waals surface area contributed by atoms with E-state index in [9.17, 15) is 18.0 Å². The lowest BCUT2D eigenvalue weighted by molar-refractivity contribution is -0.274. The van der Waals surface area contributed by atoms with Gasteiger partial charge in [-0.15, -0.1) is 13.2 Å². The highest BCUT2D eigenvalue weighted by molar-refractivity contribution is 6.33. The molecule has 2 rings (SSSR count). The van der Waals surface area contributed by atoms with Gasteiger partial charge in [-0.05, 0) is 49.2 Å². The lowest BCUT2D eigenvalue weighted by Crippen LogP contribution is -2.18. The minimum absolute atomic E-state index is 0.193. The molecule has 25 heavy (non-hydrogen) atoms. The Bertz CT molecular complexity index is 716. The minimum Gasteiger partial charge on any atom is -0.405 e. The van der Waals surface area contributed by atoms with E-state index >= 15 is 0 Å². The van der Waals surface area contributed by atoms with Gasteiger partial charge in [-0.25, -0.2) is 0 Å². The van der Waals surface area contributed by atoms with Crippen molar-refractivity contribution < 1.29 is 22.7 Å². The van der Waals surface area contributed by atoms with Crippen LogP contribution in [0, 0.1) is 6.92 Å². The largest absolute Gasteiger partial charge is 0.573 e. The van der Waals surface area contributed by atoms with Crippen molar-refractivity contribution in [2.75, 3.05) is 6.54 Å². The van der Waals surface area contributed by atoms with Crippen molar-refractivity contribution in [2.45, 2.75) is 26.6 Å². The van der Waals surface area contributed by atoms with E-state index in [1.54, 1.807) is 12.1 Å². The van der Waals surface area contributed by atoms with Gasteiger partial charge in [0.15, 0.2) is 6.29 Å². The fraction of sp³-hybridized carbons (Fsp3) is 0.278. The van der Waals surface area contributed by atoms with Crippen LogP contribution in [0.2, 0.25) is 5.02 Å². The van der Waals surface area contributed by atoms with Crippen molar-refractivity contribution in [3.8, 4) is 16.9 Å². The summed E-state index contributed by atoms with van der Waals surface area (Å²) in [5, 5.41) is 0.455. The summed E-state index contributed by atoms with van der Waals surface area (Å²) >= 11 is 6.11. The first-order valence-corrected chi connectivity index (χ1v) is 7.91. The molecule has 0 atom stereocenters. The molecule has 0 amide bonds. The van der Waals surface area contributed by atoms with Crippen LogP contribution in [0.5, 0.6) is 5.75 Å². The zero-order chi connectivity index (χ0) is 19.0. The maximum atomic E-state index is 12.2. The van der Waals surface area contributed by atoms with Crippen molar-refractivity contribution in [3.05, 3.63) is 52.5 Å². The SMILES string of the molecule is CCCN.Cc1ccc(-c2ccc(OC(F)(F)F)c(C=O)c2)c(Cl)c1. The lowest BCUT2D eigenvalue weighted by atomic mass is 10.0. The summed E-state index contributed by atoms with van der Waals surface area (Å²) in [6.07, 6.45) is -3.44. The number of aryl methyl sites for hydroxylation is 1. The Labute approximate surface area is 149 Å². The summed E-state index contributed by atoms with van der Waals surface area (Å²) < 4.78 is 40.5. The molecule has 0 aromatic heterocycles. The number of hydrogen-bond donors (Lipinski definition) is 1. The van der Waals surface area contributed by atoms with E-state index in [-0.39, 0.29) is 5.56 Å². The van der Waals surface area contributed by atoms with Gasteiger partial charge in [0.2, 0.25) is 0 Å². The number of hydrogen-bond acceptors (Lipinski definition) is 3. The van der Waals surface area contributed by atoms with Crippen LogP contribution in [0.25, 0.3) is 11.1 Å². The second kappa shape index (κ2) is 9.44. The Hall–Kier alpha value is -2.05. The maximum absolute atomic E-state index is 12.2. The molecule has 0 saturated heterocycles. The fourth-order valence-electron chi connectivity index (χ4n) is 1.88. The molecule has 2 aromatic carbocycles. The zero-order valence-corrected chi connectivity index (χ0v) is 14.6. The first kappa shape index (κ1) is 21.0. The van der Waals surface area contributed by atoms with Gasteiger partial charge in [-0.1, -0.05) is 36.7 Å². The molecule has 0 spiro atoms. The summed E-state index contributed by atoms with van der Waals surface area (Å²) in [5.74, 6) is -0.538. The summed E-state index contributed by atoms with van der Waals surface area (Å²) in [6, 6.07) is 9.13. The molecule has 136 valence electrons. The van der Waals surface area contributed by atoms with Gasteiger partial charge in [-0.3, -0.25) is 4.79 Å². The molecule has 0 bridgehead atoms. The van der Waals surface area contributed by atoms with Gasteiger partial charge in [-0.2, -0.15) is 0 Å². The maximum Gasteiger partial charge on any atom is 0.573 e.